The summed E-state index contributed by atoms with van der Waals surface area (Å²) >= 11 is 6.44. The van der Waals surface area contributed by atoms with Gasteiger partial charge in [0, 0.05) is 58.1 Å². The number of benzene rings is 1. The summed E-state index contributed by atoms with van der Waals surface area (Å²) in [5, 5.41) is 0.419. The molecule has 2 aromatic rings. The Hall–Kier alpha value is -2.72. The number of sulfone groups is 1. The smallest absolute Gasteiger partial charge is 0.254 e. The standard InChI is InChI=1S/C25H30ClFN4O4S/c1-29(2)24(32)18-13-21(26)23(28-15-18)30-9-7-19(8-10-30)31-11-6-17(25(31)33)12-16-4-5-20(14-22(16)27)36(3,34)35/h4-5,13-15,17,19H,6-12H2,1-3H3/t17-/m1/s1. The number of pyridine rings is 1. The number of piperidine rings is 1. The molecule has 2 aliphatic rings. The number of anilines is 1. The average molecular weight is 537 g/mol. The predicted octanol–water partition coefficient (Wildman–Crippen LogP) is 3.04. The van der Waals surface area contributed by atoms with Crippen molar-refractivity contribution in [2.45, 2.75) is 36.6 Å². The molecule has 3 heterocycles. The molecule has 8 nitrogen and oxygen atoms in total. The summed E-state index contributed by atoms with van der Waals surface area (Å²) in [6, 6.07) is 5.61. The molecule has 0 saturated carbocycles. The molecule has 0 N–H and O–H groups in total. The van der Waals surface area contributed by atoms with Gasteiger partial charge in [-0.1, -0.05) is 17.7 Å². The maximum Gasteiger partial charge on any atom is 0.254 e. The first-order valence-corrected chi connectivity index (χ1v) is 14.1. The van der Waals surface area contributed by atoms with Gasteiger partial charge in [0.2, 0.25) is 5.91 Å². The van der Waals surface area contributed by atoms with Crippen LogP contribution >= 0.6 is 11.6 Å². The summed E-state index contributed by atoms with van der Waals surface area (Å²) in [7, 11) is -0.147. The Morgan fingerprint density at radius 2 is 1.86 bits per heavy atom. The highest BCUT2D eigenvalue weighted by molar-refractivity contribution is 7.90. The second-order valence-electron chi connectivity index (χ2n) is 9.69. The summed E-state index contributed by atoms with van der Waals surface area (Å²) in [5.41, 5.74) is 0.786. The van der Waals surface area contributed by atoms with E-state index in [0.29, 0.717) is 48.0 Å². The van der Waals surface area contributed by atoms with Gasteiger partial charge in [0.05, 0.1) is 15.5 Å². The fourth-order valence-electron chi connectivity index (χ4n) is 4.93. The van der Waals surface area contributed by atoms with Crippen LogP contribution in [0.2, 0.25) is 5.02 Å². The van der Waals surface area contributed by atoms with E-state index < -0.39 is 15.7 Å². The lowest BCUT2D eigenvalue weighted by Gasteiger charge is -2.37. The molecule has 2 saturated heterocycles. The Morgan fingerprint density at radius 1 is 1.17 bits per heavy atom. The van der Waals surface area contributed by atoms with Crippen LogP contribution in [0, 0.1) is 11.7 Å². The van der Waals surface area contributed by atoms with E-state index in [4.69, 9.17) is 11.6 Å². The van der Waals surface area contributed by atoms with Gasteiger partial charge in [-0.3, -0.25) is 9.59 Å². The highest BCUT2D eigenvalue weighted by Gasteiger charge is 2.37. The molecule has 2 aliphatic heterocycles. The zero-order chi connectivity index (χ0) is 26.2. The first kappa shape index (κ1) is 26.3. The third kappa shape index (κ3) is 5.49. The van der Waals surface area contributed by atoms with E-state index >= 15 is 0 Å². The van der Waals surface area contributed by atoms with Crippen molar-refractivity contribution in [2.75, 3.05) is 44.9 Å². The minimum atomic E-state index is -3.49. The quantitative estimate of drug-likeness (QED) is 0.563. The van der Waals surface area contributed by atoms with Gasteiger partial charge in [-0.2, -0.15) is 0 Å². The van der Waals surface area contributed by atoms with E-state index in [1.54, 1.807) is 20.2 Å². The topological polar surface area (TPSA) is 90.9 Å². The Kier molecular flexibility index (Phi) is 7.56. The first-order chi connectivity index (χ1) is 17.0. The molecule has 0 bridgehead atoms. The van der Waals surface area contributed by atoms with Crippen LogP contribution in [-0.4, -0.2) is 81.0 Å². The number of amides is 2. The van der Waals surface area contributed by atoms with Gasteiger partial charge in [-0.25, -0.2) is 17.8 Å². The molecule has 0 aliphatic carbocycles. The maximum atomic E-state index is 14.5. The lowest BCUT2D eigenvalue weighted by Crippen LogP contribution is -2.46. The van der Waals surface area contributed by atoms with Crippen LogP contribution in [0.5, 0.6) is 0 Å². The van der Waals surface area contributed by atoms with E-state index in [2.05, 4.69) is 9.88 Å². The first-order valence-electron chi connectivity index (χ1n) is 11.9. The van der Waals surface area contributed by atoms with E-state index in [9.17, 15) is 22.4 Å². The third-order valence-corrected chi connectivity index (χ3v) is 8.34. The lowest BCUT2D eigenvalue weighted by atomic mass is 9.97. The van der Waals surface area contributed by atoms with Crippen LogP contribution in [0.15, 0.2) is 35.4 Å². The molecule has 11 heteroatoms. The highest BCUT2D eigenvalue weighted by atomic mass is 35.5. The van der Waals surface area contributed by atoms with Crippen molar-refractivity contribution in [3.05, 3.63) is 52.4 Å². The van der Waals surface area contributed by atoms with Crippen molar-refractivity contribution in [1.82, 2.24) is 14.8 Å². The van der Waals surface area contributed by atoms with Gasteiger partial charge >= 0.3 is 0 Å². The molecule has 36 heavy (non-hydrogen) atoms. The minimum absolute atomic E-state index is 0.0164. The Balaban J connectivity index is 1.36. The molecule has 4 rings (SSSR count). The third-order valence-electron chi connectivity index (χ3n) is 6.95. The highest BCUT2D eigenvalue weighted by Crippen LogP contribution is 2.32. The molecule has 2 fully saturated rings. The maximum absolute atomic E-state index is 14.5. The number of likely N-dealkylation sites (tertiary alicyclic amines) is 1. The van der Waals surface area contributed by atoms with Crippen LogP contribution in [0.4, 0.5) is 10.2 Å². The van der Waals surface area contributed by atoms with Crippen molar-refractivity contribution in [3.63, 3.8) is 0 Å². The van der Waals surface area contributed by atoms with Crippen molar-refractivity contribution in [1.29, 1.82) is 0 Å². The number of carbonyl (C=O) groups is 2. The number of nitrogens with zero attached hydrogens (tertiary/aromatic N) is 4. The van der Waals surface area contributed by atoms with E-state index in [-0.39, 0.29) is 35.1 Å². The van der Waals surface area contributed by atoms with Crippen molar-refractivity contribution < 1.29 is 22.4 Å². The molecule has 194 valence electrons. The fraction of sp³-hybridized carbons (Fsp3) is 0.480. The Bertz CT molecular complexity index is 1280. The SMILES string of the molecule is CN(C)C(=O)c1cnc(N2CCC(N3CC[C@H](Cc4ccc(S(C)(=O)=O)cc4F)C3=O)CC2)c(Cl)c1. The number of rotatable bonds is 6. The zero-order valence-electron chi connectivity index (χ0n) is 20.6. The van der Waals surface area contributed by atoms with Crippen LogP contribution in [0.1, 0.15) is 35.2 Å². The second-order valence-corrected chi connectivity index (χ2v) is 12.1. The second kappa shape index (κ2) is 10.3. The van der Waals surface area contributed by atoms with Crippen molar-refractivity contribution >= 4 is 39.1 Å². The number of hydrogen-bond donors (Lipinski definition) is 0. The molecular formula is C25H30ClFN4O4S. The van der Waals surface area contributed by atoms with Crippen LogP contribution in [0.3, 0.4) is 0 Å². The molecule has 1 aromatic carbocycles. The average Bonchev–Trinajstić information content (AvgIpc) is 3.19. The van der Waals surface area contributed by atoms with Gasteiger partial charge in [0.1, 0.15) is 11.6 Å². The summed E-state index contributed by atoms with van der Waals surface area (Å²) < 4.78 is 37.8. The van der Waals surface area contributed by atoms with Gasteiger partial charge in [0.25, 0.3) is 5.91 Å². The van der Waals surface area contributed by atoms with Crippen LogP contribution in [-0.2, 0) is 21.1 Å². The Morgan fingerprint density at radius 3 is 2.44 bits per heavy atom. The van der Waals surface area contributed by atoms with E-state index in [1.807, 2.05) is 4.90 Å². The normalized spacial score (nSPS) is 19.1. The molecular weight excluding hydrogens is 507 g/mol. The zero-order valence-corrected chi connectivity index (χ0v) is 22.1. The molecule has 2 amide bonds. The number of hydrogen-bond acceptors (Lipinski definition) is 6. The van der Waals surface area contributed by atoms with Crippen LogP contribution < -0.4 is 4.90 Å². The number of carbonyl (C=O) groups excluding carboxylic acids is 2. The molecule has 1 atom stereocenters. The van der Waals surface area contributed by atoms with E-state index in [1.165, 1.54) is 23.2 Å². The van der Waals surface area contributed by atoms with Crippen molar-refractivity contribution in [2.24, 2.45) is 5.92 Å². The van der Waals surface area contributed by atoms with Gasteiger partial charge in [-0.15, -0.1) is 0 Å². The summed E-state index contributed by atoms with van der Waals surface area (Å²) in [4.78, 5) is 35.1. The van der Waals surface area contributed by atoms with Gasteiger partial charge in [0.15, 0.2) is 9.84 Å². The largest absolute Gasteiger partial charge is 0.355 e. The van der Waals surface area contributed by atoms with E-state index in [0.717, 1.165) is 25.2 Å². The summed E-state index contributed by atoms with van der Waals surface area (Å²) in [6.45, 7) is 1.97. The minimum Gasteiger partial charge on any atom is -0.355 e. The lowest BCUT2D eigenvalue weighted by molar-refractivity contribution is -0.133. The summed E-state index contributed by atoms with van der Waals surface area (Å²) in [5.74, 6) is -0.436. The van der Waals surface area contributed by atoms with Gasteiger partial charge in [-0.05, 0) is 49.4 Å². The van der Waals surface area contributed by atoms with Crippen molar-refractivity contribution in [3.8, 4) is 0 Å². The number of aromatic nitrogens is 1. The number of halogens is 2. The predicted molar refractivity (Wildman–Crippen MR) is 136 cm³/mol. The summed E-state index contributed by atoms with van der Waals surface area (Å²) in [6.07, 6.45) is 4.98. The molecule has 0 spiro atoms. The monoisotopic (exact) mass is 536 g/mol. The molecule has 0 unspecified atom stereocenters. The van der Waals surface area contributed by atoms with Crippen LogP contribution in [0.25, 0.3) is 0 Å². The fourth-order valence-corrected chi connectivity index (χ4v) is 5.85. The van der Waals surface area contributed by atoms with Gasteiger partial charge < -0.3 is 14.7 Å². The molecule has 0 radical (unpaired) electrons. The molecule has 1 aromatic heterocycles. The Labute approximate surface area is 216 Å².